The van der Waals surface area contributed by atoms with Gasteiger partial charge in [0.1, 0.15) is 23.0 Å². The maximum absolute atomic E-state index is 15.1. The van der Waals surface area contributed by atoms with Gasteiger partial charge in [-0.1, -0.05) is 36.4 Å². The Bertz CT molecular complexity index is 1110. The molecule has 0 spiro atoms. The summed E-state index contributed by atoms with van der Waals surface area (Å²) in [5.74, 6) is -3.36. The van der Waals surface area contributed by atoms with Gasteiger partial charge in [0.25, 0.3) is 0 Å². The van der Waals surface area contributed by atoms with Crippen LogP contribution in [0.1, 0.15) is 42.7 Å². The lowest BCUT2D eigenvalue weighted by Gasteiger charge is -2.27. The molecule has 3 aromatic carbocycles. The van der Waals surface area contributed by atoms with Gasteiger partial charge < -0.3 is 0 Å². The van der Waals surface area contributed by atoms with E-state index in [1.54, 1.807) is 12.1 Å². The molecule has 0 N–H and O–H groups in total. The summed E-state index contributed by atoms with van der Waals surface area (Å²) in [7, 11) is 0. The Hall–Kier alpha value is -2.76. The number of halogens is 6. The topological polar surface area (TPSA) is 0 Å². The quantitative estimate of drug-likeness (QED) is 0.287. The molecule has 0 saturated heterocycles. The van der Waals surface area contributed by atoms with Crippen molar-refractivity contribution in [2.75, 3.05) is 0 Å². The molecule has 0 radical (unpaired) electrons. The second kappa shape index (κ2) is 8.06. The van der Waals surface area contributed by atoms with Gasteiger partial charge in [-0.2, -0.15) is 13.2 Å². The molecular weight excluding hydrogens is 414 g/mol. The van der Waals surface area contributed by atoms with Crippen molar-refractivity contribution in [1.29, 1.82) is 0 Å². The first-order chi connectivity index (χ1) is 14.7. The molecule has 3 aromatic rings. The molecule has 31 heavy (non-hydrogen) atoms. The molecule has 1 aliphatic rings. The highest BCUT2D eigenvalue weighted by atomic mass is 19.4. The van der Waals surface area contributed by atoms with E-state index in [0.717, 1.165) is 31.2 Å². The number of hydrogen-bond donors (Lipinski definition) is 0. The van der Waals surface area contributed by atoms with E-state index in [-0.39, 0.29) is 16.5 Å². The molecule has 0 heterocycles. The van der Waals surface area contributed by atoms with Crippen LogP contribution in [0.2, 0.25) is 0 Å². The third-order valence-corrected chi connectivity index (χ3v) is 6.19. The summed E-state index contributed by atoms with van der Waals surface area (Å²) < 4.78 is 81.5. The monoisotopic (exact) mass is 434 g/mol. The molecule has 0 aromatic heterocycles. The molecule has 0 bridgehead atoms. The minimum absolute atomic E-state index is 0.154. The summed E-state index contributed by atoms with van der Waals surface area (Å²) in [4.78, 5) is 0. The maximum Gasteiger partial charge on any atom is 0.422 e. The Morgan fingerprint density at radius 3 is 2.06 bits per heavy atom. The fourth-order valence-electron chi connectivity index (χ4n) is 4.47. The van der Waals surface area contributed by atoms with Gasteiger partial charge in [-0.05, 0) is 66.2 Å². The van der Waals surface area contributed by atoms with Crippen molar-refractivity contribution in [3.8, 4) is 11.1 Å². The Balaban J connectivity index is 1.70. The van der Waals surface area contributed by atoms with E-state index in [0.29, 0.717) is 29.4 Å². The fourth-order valence-corrected chi connectivity index (χ4v) is 4.47. The smallest absolute Gasteiger partial charge is 0.206 e. The van der Waals surface area contributed by atoms with Gasteiger partial charge in [0, 0.05) is 10.9 Å². The Morgan fingerprint density at radius 1 is 0.839 bits per heavy atom. The number of rotatable bonds is 3. The van der Waals surface area contributed by atoms with Crippen molar-refractivity contribution in [1.82, 2.24) is 0 Å². The molecule has 0 atom stereocenters. The highest BCUT2D eigenvalue weighted by Crippen LogP contribution is 2.39. The summed E-state index contributed by atoms with van der Waals surface area (Å²) in [5.41, 5.74) is -1.31. The third-order valence-electron chi connectivity index (χ3n) is 6.19. The summed E-state index contributed by atoms with van der Waals surface area (Å²) in [5, 5.41) is 0.888. The van der Waals surface area contributed by atoms with Gasteiger partial charge in [0.15, 0.2) is 0 Å². The average Bonchev–Trinajstić information content (AvgIpc) is 2.72. The first-order valence-electron chi connectivity index (χ1n) is 10.1. The van der Waals surface area contributed by atoms with Crippen molar-refractivity contribution in [2.45, 2.75) is 37.8 Å². The van der Waals surface area contributed by atoms with Gasteiger partial charge >= 0.3 is 6.18 Å². The van der Waals surface area contributed by atoms with E-state index in [1.807, 2.05) is 18.2 Å². The zero-order valence-electron chi connectivity index (χ0n) is 16.6. The lowest BCUT2D eigenvalue weighted by molar-refractivity contribution is -0.142. The molecule has 1 fully saturated rings. The normalized spacial score (nSPS) is 19.5. The maximum atomic E-state index is 15.1. The van der Waals surface area contributed by atoms with E-state index < -0.39 is 29.2 Å². The molecule has 4 rings (SSSR count). The van der Waals surface area contributed by atoms with Crippen molar-refractivity contribution in [3.05, 3.63) is 83.7 Å². The van der Waals surface area contributed by atoms with Gasteiger partial charge in [-0.3, -0.25) is 0 Å². The van der Waals surface area contributed by atoms with E-state index >= 15 is 4.39 Å². The molecule has 0 aliphatic heterocycles. The van der Waals surface area contributed by atoms with Crippen molar-refractivity contribution >= 4 is 10.8 Å². The summed E-state index contributed by atoms with van der Waals surface area (Å²) in [6.07, 6.45) is 0.977. The van der Waals surface area contributed by atoms with Crippen molar-refractivity contribution in [3.63, 3.8) is 0 Å². The highest BCUT2D eigenvalue weighted by molar-refractivity contribution is 5.89. The number of hydrogen-bond acceptors (Lipinski definition) is 0. The van der Waals surface area contributed by atoms with Crippen LogP contribution in [0.3, 0.4) is 0 Å². The van der Waals surface area contributed by atoms with Crippen LogP contribution in [0.5, 0.6) is 0 Å². The fraction of sp³-hybridized carbons (Fsp3) is 0.280. The van der Waals surface area contributed by atoms with Crippen LogP contribution >= 0.6 is 0 Å². The Kier molecular flexibility index (Phi) is 5.58. The van der Waals surface area contributed by atoms with Gasteiger partial charge in [0.2, 0.25) is 0 Å². The molecule has 0 amide bonds. The lowest BCUT2D eigenvalue weighted by Crippen LogP contribution is -2.11. The van der Waals surface area contributed by atoms with Crippen LogP contribution in [0.4, 0.5) is 26.3 Å². The van der Waals surface area contributed by atoms with Crippen LogP contribution in [-0.2, 0) is 6.18 Å². The first-order valence-corrected chi connectivity index (χ1v) is 10.1. The summed E-state index contributed by atoms with van der Waals surface area (Å²) in [6.45, 7) is 3.85. The van der Waals surface area contributed by atoms with E-state index in [2.05, 4.69) is 6.58 Å². The predicted octanol–water partition coefficient (Wildman–Crippen LogP) is 8.40. The lowest BCUT2D eigenvalue weighted by atomic mass is 9.78. The molecule has 1 saturated carbocycles. The van der Waals surface area contributed by atoms with Gasteiger partial charge in [-0.25, -0.2) is 13.2 Å². The van der Waals surface area contributed by atoms with E-state index in [1.165, 1.54) is 6.07 Å². The molecule has 0 nitrogen and oxygen atoms in total. The van der Waals surface area contributed by atoms with E-state index in [4.69, 9.17) is 0 Å². The first kappa shape index (κ1) is 21.5. The third kappa shape index (κ3) is 4.08. The molecule has 1 aliphatic carbocycles. The van der Waals surface area contributed by atoms with Gasteiger partial charge in [-0.15, -0.1) is 6.58 Å². The van der Waals surface area contributed by atoms with Crippen LogP contribution in [-0.4, -0.2) is 0 Å². The predicted molar refractivity (Wildman–Crippen MR) is 109 cm³/mol. The van der Waals surface area contributed by atoms with Crippen LogP contribution in [0, 0.1) is 23.4 Å². The summed E-state index contributed by atoms with van der Waals surface area (Å²) >= 11 is 0. The standard InChI is InChI=1S/C25H20F6/c1-2-14-3-5-15(6-4-14)16-7-9-19-17(11-16)8-10-20(24(19)28)18-12-21(26)23(22(27)13-18)25(29,30)31/h2,7-15H,1,3-6H2/t14-,15-. The van der Waals surface area contributed by atoms with E-state index in [9.17, 15) is 22.0 Å². The number of alkyl halides is 3. The zero-order chi connectivity index (χ0) is 22.3. The molecule has 162 valence electrons. The SMILES string of the molecule is C=C[C@H]1CC[C@H](c2ccc3c(F)c(-c4cc(F)c(C(F)(F)F)c(F)c4)ccc3c2)CC1. The minimum Gasteiger partial charge on any atom is -0.206 e. The van der Waals surface area contributed by atoms with Gasteiger partial charge in [0.05, 0.1) is 0 Å². The molecule has 0 unspecified atom stereocenters. The molecule has 6 heteroatoms. The second-order valence-corrected chi connectivity index (χ2v) is 8.07. The average molecular weight is 434 g/mol. The van der Waals surface area contributed by atoms with Crippen molar-refractivity contribution < 1.29 is 26.3 Å². The number of benzene rings is 3. The largest absolute Gasteiger partial charge is 0.422 e. The Labute approximate surface area is 176 Å². The molecular formula is C25H20F6. The summed E-state index contributed by atoms with van der Waals surface area (Å²) in [6, 6.07) is 9.39. The number of allylic oxidation sites excluding steroid dienone is 1. The van der Waals surface area contributed by atoms with Crippen LogP contribution in [0.25, 0.3) is 21.9 Å². The zero-order valence-corrected chi connectivity index (χ0v) is 16.6. The second-order valence-electron chi connectivity index (χ2n) is 8.07. The minimum atomic E-state index is -5.17. The van der Waals surface area contributed by atoms with Crippen molar-refractivity contribution in [2.24, 2.45) is 5.92 Å². The Morgan fingerprint density at radius 2 is 1.48 bits per heavy atom. The highest BCUT2D eigenvalue weighted by Gasteiger charge is 2.38. The van der Waals surface area contributed by atoms with Crippen LogP contribution in [0.15, 0.2) is 55.1 Å². The van der Waals surface area contributed by atoms with Crippen LogP contribution < -0.4 is 0 Å². The number of fused-ring (bicyclic) bond motifs is 1.